The topological polar surface area (TPSA) is 24.5 Å². The zero-order chi connectivity index (χ0) is 13.5. The van der Waals surface area contributed by atoms with E-state index < -0.39 is 0 Å². The van der Waals surface area contributed by atoms with Crippen LogP contribution in [-0.2, 0) is 12.8 Å². The first-order chi connectivity index (χ1) is 9.33. The first-order valence-corrected chi connectivity index (χ1v) is 7.42. The maximum absolute atomic E-state index is 5.38. The van der Waals surface area contributed by atoms with Crippen molar-refractivity contribution in [2.45, 2.75) is 26.2 Å². The normalized spacial score (nSPS) is 16.5. The minimum Gasteiger partial charge on any atom is -0.496 e. The van der Waals surface area contributed by atoms with Gasteiger partial charge < -0.3 is 15.0 Å². The minimum atomic E-state index is 1.02. The van der Waals surface area contributed by atoms with E-state index in [4.69, 9.17) is 4.74 Å². The summed E-state index contributed by atoms with van der Waals surface area (Å²) in [7, 11) is 1.75. The second-order valence-electron chi connectivity index (χ2n) is 5.19. The van der Waals surface area contributed by atoms with Gasteiger partial charge >= 0.3 is 0 Å². The fourth-order valence-electron chi connectivity index (χ4n) is 2.71. The summed E-state index contributed by atoms with van der Waals surface area (Å²) in [6, 6.07) is 6.62. The van der Waals surface area contributed by atoms with Crippen molar-refractivity contribution in [3.05, 3.63) is 29.3 Å². The molecule has 1 aromatic carbocycles. The van der Waals surface area contributed by atoms with E-state index in [2.05, 4.69) is 35.3 Å². The van der Waals surface area contributed by atoms with Gasteiger partial charge in [-0.05, 0) is 43.0 Å². The van der Waals surface area contributed by atoms with Crippen LogP contribution in [0.15, 0.2) is 18.2 Å². The maximum atomic E-state index is 5.38. The van der Waals surface area contributed by atoms with Crippen molar-refractivity contribution in [3.63, 3.8) is 0 Å². The first-order valence-electron chi connectivity index (χ1n) is 7.42. The third-order valence-corrected chi connectivity index (χ3v) is 3.88. The molecule has 3 nitrogen and oxygen atoms in total. The molecule has 1 saturated heterocycles. The number of hydrogen-bond acceptors (Lipinski definition) is 3. The Morgan fingerprint density at radius 3 is 2.74 bits per heavy atom. The zero-order valence-corrected chi connectivity index (χ0v) is 12.2. The Bertz CT molecular complexity index is 386. The molecule has 106 valence electrons. The molecule has 0 spiro atoms. The van der Waals surface area contributed by atoms with Gasteiger partial charge in [0.25, 0.3) is 0 Å². The molecule has 0 unspecified atom stereocenters. The van der Waals surface area contributed by atoms with Crippen molar-refractivity contribution in [2.24, 2.45) is 0 Å². The number of rotatable bonds is 6. The molecule has 2 rings (SSSR count). The standard InChI is InChI=1S/C16H26N2O/c1-3-15-13-14(6-7-16(15)19-2)5-4-10-18-11-8-17-9-12-18/h6-7,13,17H,3-5,8-12H2,1-2H3. The van der Waals surface area contributed by atoms with Crippen LogP contribution in [0.1, 0.15) is 24.5 Å². The lowest BCUT2D eigenvalue weighted by atomic mass is 10.0. The summed E-state index contributed by atoms with van der Waals surface area (Å²) < 4.78 is 5.38. The van der Waals surface area contributed by atoms with Gasteiger partial charge in [-0.15, -0.1) is 0 Å². The summed E-state index contributed by atoms with van der Waals surface area (Å²) >= 11 is 0. The van der Waals surface area contributed by atoms with Crippen molar-refractivity contribution in [1.82, 2.24) is 10.2 Å². The van der Waals surface area contributed by atoms with Gasteiger partial charge in [0.1, 0.15) is 5.75 Å². The molecule has 1 fully saturated rings. The Balaban J connectivity index is 1.81. The summed E-state index contributed by atoms with van der Waals surface area (Å²) in [6.45, 7) is 8.08. The third-order valence-electron chi connectivity index (χ3n) is 3.88. The summed E-state index contributed by atoms with van der Waals surface area (Å²) in [5.74, 6) is 1.02. The number of aryl methyl sites for hydroxylation is 2. The number of methoxy groups -OCH3 is 1. The Hall–Kier alpha value is -1.06. The van der Waals surface area contributed by atoms with Crippen molar-refractivity contribution >= 4 is 0 Å². The molecular weight excluding hydrogens is 236 g/mol. The fraction of sp³-hybridized carbons (Fsp3) is 0.625. The molecule has 0 radical (unpaired) electrons. The lowest BCUT2D eigenvalue weighted by Gasteiger charge is -2.27. The summed E-state index contributed by atoms with van der Waals surface area (Å²) in [5, 5.41) is 3.39. The Morgan fingerprint density at radius 1 is 1.26 bits per heavy atom. The number of benzene rings is 1. The van der Waals surface area contributed by atoms with E-state index in [0.29, 0.717) is 0 Å². The maximum Gasteiger partial charge on any atom is 0.122 e. The monoisotopic (exact) mass is 262 g/mol. The molecule has 1 aromatic rings. The van der Waals surface area contributed by atoms with Crippen LogP contribution in [0.3, 0.4) is 0 Å². The third kappa shape index (κ3) is 4.22. The van der Waals surface area contributed by atoms with Gasteiger partial charge in [-0.2, -0.15) is 0 Å². The molecule has 1 aliphatic heterocycles. The molecular formula is C16H26N2O. The largest absolute Gasteiger partial charge is 0.496 e. The Kier molecular flexibility index (Phi) is 5.67. The van der Waals surface area contributed by atoms with Crippen LogP contribution in [0, 0.1) is 0 Å². The average molecular weight is 262 g/mol. The van der Waals surface area contributed by atoms with Gasteiger partial charge in [-0.1, -0.05) is 19.1 Å². The van der Waals surface area contributed by atoms with Gasteiger partial charge in [0, 0.05) is 26.2 Å². The summed E-state index contributed by atoms with van der Waals surface area (Å²) in [5.41, 5.74) is 2.76. The molecule has 0 atom stereocenters. The van der Waals surface area contributed by atoms with Crippen LogP contribution in [-0.4, -0.2) is 44.7 Å². The predicted octanol–water partition coefficient (Wildman–Crippen LogP) is 2.10. The number of piperazine rings is 1. The molecule has 3 heteroatoms. The van der Waals surface area contributed by atoms with Gasteiger partial charge in [0.2, 0.25) is 0 Å². The highest BCUT2D eigenvalue weighted by atomic mass is 16.5. The highest BCUT2D eigenvalue weighted by molar-refractivity contribution is 5.37. The lowest BCUT2D eigenvalue weighted by Crippen LogP contribution is -2.43. The van der Waals surface area contributed by atoms with Gasteiger partial charge in [0.05, 0.1) is 7.11 Å². The van der Waals surface area contributed by atoms with Crippen molar-refractivity contribution in [2.75, 3.05) is 39.8 Å². The smallest absolute Gasteiger partial charge is 0.122 e. The fourth-order valence-corrected chi connectivity index (χ4v) is 2.71. The lowest BCUT2D eigenvalue weighted by molar-refractivity contribution is 0.238. The van der Waals surface area contributed by atoms with E-state index in [0.717, 1.165) is 25.3 Å². The molecule has 1 aliphatic rings. The van der Waals surface area contributed by atoms with Gasteiger partial charge in [-0.3, -0.25) is 0 Å². The van der Waals surface area contributed by atoms with Gasteiger partial charge in [-0.25, -0.2) is 0 Å². The Morgan fingerprint density at radius 2 is 2.05 bits per heavy atom. The van der Waals surface area contributed by atoms with Crippen molar-refractivity contribution in [1.29, 1.82) is 0 Å². The Labute approximate surface area is 116 Å². The average Bonchev–Trinajstić information content (AvgIpc) is 2.48. The molecule has 19 heavy (non-hydrogen) atoms. The molecule has 0 saturated carbocycles. The summed E-state index contributed by atoms with van der Waals surface area (Å²) in [6.07, 6.45) is 3.45. The summed E-state index contributed by atoms with van der Waals surface area (Å²) in [4.78, 5) is 2.56. The van der Waals surface area contributed by atoms with Crippen LogP contribution in [0.25, 0.3) is 0 Å². The highest BCUT2D eigenvalue weighted by Gasteiger charge is 2.09. The van der Waals surface area contributed by atoms with Crippen LogP contribution < -0.4 is 10.1 Å². The quantitative estimate of drug-likeness (QED) is 0.849. The minimum absolute atomic E-state index is 1.02. The molecule has 1 heterocycles. The van der Waals surface area contributed by atoms with E-state index in [1.54, 1.807) is 7.11 Å². The molecule has 0 bridgehead atoms. The van der Waals surface area contributed by atoms with Crippen molar-refractivity contribution < 1.29 is 4.74 Å². The van der Waals surface area contributed by atoms with Crippen molar-refractivity contribution in [3.8, 4) is 5.75 Å². The second kappa shape index (κ2) is 7.51. The number of nitrogens with one attached hydrogen (secondary N) is 1. The highest BCUT2D eigenvalue weighted by Crippen LogP contribution is 2.21. The van der Waals surface area contributed by atoms with E-state index in [1.807, 2.05) is 0 Å². The second-order valence-corrected chi connectivity index (χ2v) is 5.19. The van der Waals surface area contributed by atoms with E-state index in [9.17, 15) is 0 Å². The first kappa shape index (κ1) is 14.4. The van der Waals surface area contributed by atoms with E-state index in [1.165, 1.54) is 43.6 Å². The van der Waals surface area contributed by atoms with E-state index in [-0.39, 0.29) is 0 Å². The molecule has 0 aromatic heterocycles. The number of ether oxygens (including phenoxy) is 1. The van der Waals surface area contributed by atoms with Crippen LogP contribution in [0.5, 0.6) is 5.75 Å². The number of nitrogens with zero attached hydrogens (tertiary/aromatic N) is 1. The molecule has 0 aliphatic carbocycles. The van der Waals surface area contributed by atoms with Crippen LogP contribution in [0.2, 0.25) is 0 Å². The van der Waals surface area contributed by atoms with Crippen LogP contribution >= 0.6 is 0 Å². The zero-order valence-electron chi connectivity index (χ0n) is 12.2. The molecule has 1 N–H and O–H groups in total. The van der Waals surface area contributed by atoms with Crippen LogP contribution in [0.4, 0.5) is 0 Å². The molecule has 0 amide bonds. The van der Waals surface area contributed by atoms with Gasteiger partial charge in [0.15, 0.2) is 0 Å². The predicted molar refractivity (Wildman–Crippen MR) is 80.0 cm³/mol. The number of hydrogen-bond donors (Lipinski definition) is 1. The SMILES string of the molecule is CCc1cc(CCCN2CCNCC2)ccc1OC. The van der Waals surface area contributed by atoms with E-state index >= 15 is 0 Å².